The second-order valence-corrected chi connectivity index (χ2v) is 6.93. The summed E-state index contributed by atoms with van der Waals surface area (Å²) in [5.41, 5.74) is 0.524. The maximum Gasteiger partial charge on any atom is 0.404 e. The lowest BCUT2D eigenvalue weighted by Crippen LogP contribution is -2.44. The number of nitrogens with zero attached hydrogens (tertiary/aromatic N) is 3. The molecule has 160 valence electrons. The van der Waals surface area contributed by atoms with Gasteiger partial charge in [-0.25, -0.2) is 9.78 Å². The van der Waals surface area contributed by atoms with Crippen LogP contribution < -0.4 is 20.9 Å². The van der Waals surface area contributed by atoms with Crippen molar-refractivity contribution in [3.63, 3.8) is 0 Å². The number of benzene rings is 1. The topological polar surface area (TPSA) is 119 Å². The Bertz CT molecular complexity index is 925. The normalized spacial score (nSPS) is 14.5. The molecule has 1 saturated heterocycles. The second-order valence-electron chi connectivity index (χ2n) is 6.55. The van der Waals surface area contributed by atoms with Gasteiger partial charge in [0.25, 0.3) is 5.91 Å². The number of nitrogens with one attached hydrogen (secondary N) is 3. The maximum absolute atomic E-state index is 12.6. The quantitative estimate of drug-likeness (QED) is 0.509. The van der Waals surface area contributed by atoms with E-state index in [0.717, 1.165) is 0 Å². The lowest BCUT2D eigenvalue weighted by Gasteiger charge is -2.32. The van der Waals surface area contributed by atoms with Crippen molar-refractivity contribution in [1.82, 2.24) is 15.3 Å². The van der Waals surface area contributed by atoms with Gasteiger partial charge >= 0.3 is 12.5 Å². The summed E-state index contributed by atoms with van der Waals surface area (Å²) in [5.74, 6) is -0.745. The highest BCUT2D eigenvalue weighted by Gasteiger charge is 2.23. The number of halogens is 3. The molecule has 1 aliphatic heterocycles. The van der Waals surface area contributed by atoms with Crippen molar-refractivity contribution in [1.29, 1.82) is 0 Å². The molecule has 3 rings (SSSR count). The van der Waals surface area contributed by atoms with Gasteiger partial charge in [0, 0.05) is 25.2 Å². The van der Waals surface area contributed by atoms with Gasteiger partial charge in [-0.2, -0.15) is 13.8 Å². The predicted molar refractivity (Wildman–Crippen MR) is 108 cm³/mol. The number of rotatable bonds is 6. The summed E-state index contributed by atoms with van der Waals surface area (Å²) in [6.07, 6.45) is -3.02. The molecule has 0 atom stereocenters. The number of amides is 2. The molecule has 2 amide bonds. The van der Waals surface area contributed by atoms with E-state index in [1.54, 1.807) is 18.2 Å². The highest BCUT2D eigenvalue weighted by molar-refractivity contribution is 6.29. The molecular formula is C18H19ClF2N6O3. The summed E-state index contributed by atoms with van der Waals surface area (Å²) in [6.45, 7) is 1.07. The molecule has 0 radical (unpaired) electrons. The largest absolute Gasteiger partial charge is 0.465 e. The zero-order valence-corrected chi connectivity index (χ0v) is 16.4. The van der Waals surface area contributed by atoms with Gasteiger partial charge in [-0.15, -0.1) is 0 Å². The molecule has 1 aromatic heterocycles. The smallest absolute Gasteiger partial charge is 0.404 e. The van der Waals surface area contributed by atoms with E-state index in [-0.39, 0.29) is 16.9 Å². The van der Waals surface area contributed by atoms with Crippen LogP contribution in [0, 0.1) is 0 Å². The molecule has 9 nitrogen and oxygen atoms in total. The number of carbonyl (C=O) groups excluding carboxylic acids is 1. The summed E-state index contributed by atoms with van der Waals surface area (Å²) in [4.78, 5) is 32.6. The summed E-state index contributed by atoms with van der Waals surface area (Å²) in [6, 6.07) is 7.67. The third-order valence-corrected chi connectivity index (χ3v) is 4.63. The first-order valence-electron chi connectivity index (χ1n) is 9.06. The average molecular weight is 441 g/mol. The van der Waals surface area contributed by atoms with Crippen LogP contribution in [-0.4, -0.2) is 52.6 Å². The van der Waals surface area contributed by atoms with E-state index in [9.17, 15) is 18.4 Å². The van der Waals surface area contributed by atoms with E-state index in [4.69, 9.17) is 16.7 Å². The molecule has 30 heavy (non-hydrogen) atoms. The molecule has 2 heterocycles. The van der Waals surface area contributed by atoms with Crippen LogP contribution in [0.3, 0.4) is 0 Å². The highest BCUT2D eigenvalue weighted by atomic mass is 35.5. The fourth-order valence-corrected chi connectivity index (χ4v) is 3.21. The van der Waals surface area contributed by atoms with Crippen LogP contribution in [0.25, 0.3) is 0 Å². The van der Waals surface area contributed by atoms with E-state index >= 15 is 0 Å². The highest BCUT2D eigenvalue weighted by Crippen LogP contribution is 2.27. The Morgan fingerprint density at radius 2 is 1.83 bits per heavy atom. The van der Waals surface area contributed by atoms with E-state index in [0.29, 0.717) is 43.4 Å². The number of aromatic nitrogens is 2. The van der Waals surface area contributed by atoms with Crippen LogP contribution in [-0.2, 0) is 4.79 Å². The summed E-state index contributed by atoms with van der Waals surface area (Å²) in [5, 5.41) is 16.6. The van der Waals surface area contributed by atoms with Crippen LogP contribution in [0.1, 0.15) is 12.8 Å². The summed E-state index contributed by atoms with van der Waals surface area (Å²) in [7, 11) is 0. The molecule has 0 saturated carbocycles. The minimum atomic E-state index is -3.14. The summed E-state index contributed by atoms with van der Waals surface area (Å²) < 4.78 is 25.1. The van der Waals surface area contributed by atoms with Crippen molar-refractivity contribution < 1.29 is 23.5 Å². The Balaban J connectivity index is 1.74. The van der Waals surface area contributed by atoms with E-state index in [1.165, 1.54) is 12.1 Å². The first kappa shape index (κ1) is 21.5. The van der Waals surface area contributed by atoms with Crippen LogP contribution >= 0.6 is 11.6 Å². The number of anilines is 4. The Labute approximate surface area is 175 Å². The molecule has 1 aromatic carbocycles. The predicted octanol–water partition coefficient (Wildman–Crippen LogP) is 3.31. The van der Waals surface area contributed by atoms with E-state index in [1.807, 2.05) is 4.90 Å². The van der Waals surface area contributed by atoms with E-state index < -0.39 is 18.4 Å². The average Bonchev–Trinajstić information content (AvgIpc) is 2.69. The SMILES string of the molecule is O=C(O)NC1CCN(c2nc(Cl)cc(Nc3ccccc3NC(=O)C(F)F)n2)CC1. The molecule has 4 N–H and O–H groups in total. The number of alkyl halides is 2. The van der Waals surface area contributed by atoms with Crippen molar-refractivity contribution in [2.45, 2.75) is 25.3 Å². The van der Waals surface area contributed by atoms with Gasteiger partial charge < -0.3 is 26.0 Å². The fraction of sp³-hybridized carbons (Fsp3) is 0.333. The fourth-order valence-electron chi connectivity index (χ4n) is 3.04. The van der Waals surface area contributed by atoms with Gasteiger partial charge in [0.2, 0.25) is 5.95 Å². The first-order valence-corrected chi connectivity index (χ1v) is 9.43. The molecular weight excluding hydrogens is 422 g/mol. The minimum absolute atomic E-state index is 0.138. The Morgan fingerprint density at radius 1 is 1.17 bits per heavy atom. The maximum atomic E-state index is 12.6. The zero-order valence-electron chi connectivity index (χ0n) is 15.6. The molecule has 0 unspecified atom stereocenters. The van der Waals surface area contributed by atoms with Gasteiger partial charge in [0.15, 0.2) is 0 Å². The standard InChI is InChI=1S/C18H19ClF2N6O3/c19-13-9-14(23-11-3-1-2-4-12(11)24-16(28)15(20)21)26-17(25-13)27-7-5-10(6-8-27)22-18(29)30/h1-4,9-10,15,22H,5-8H2,(H,24,28)(H,29,30)(H,23,25,26). The summed E-state index contributed by atoms with van der Waals surface area (Å²) >= 11 is 6.12. The van der Waals surface area contributed by atoms with Gasteiger partial charge in [-0.1, -0.05) is 23.7 Å². The van der Waals surface area contributed by atoms with E-state index in [2.05, 4.69) is 25.9 Å². The Kier molecular flexibility index (Phi) is 6.83. The van der Waals surface area contributed by atoms with Crippen molar-refractivity contribution in [2.75, 3.05) is 28.6 Å². The van der Waals surface area contributed by atoms with Gasteiger partial charge in [-0.05, 0) is 25.0 Å². The van der Waals surface area contributed by atoms with Crippen molar-refractivity contribution >= 4 is 46.7 Å². The van der Waals surface area contributed by atoms with Crippen molar-refractivity contribution in [3.05, 3.63) is 35.5 Å². The third-order valence-electron chi connectivity index (χ3n) is 4.43. The number of hydrogen-bond acceptors (Lipinski definition) is 6. The number of carboxylic acid groups (broad SMARTS) is 1. The third kappa shape index (κ3) is 5.66. The van der Waals surface area contributed by atoms with Crippen LogP contribution in [0.2, 0.25) is 5.15 Å². The molecule has 12 heteroatoms. The van der Waals surface area contributed by atoms with Crippen molar-refractivity contribution in [3.8, 4) is 0 Å². The molecule has 1 fully saturated rings. The lowest BCUT2D eigenvalue weighted by molar-refractivity contribution is -0.126. The van der Waals surface area contributed by atoms with Crippen molar-refractivity contribution in [2.24, 2.45) is 0 Å². The first-order chi connectivity index (χ1) is 14.3. The monoisotopic (exact) mass is 440 g/mol. The minimum Gasteiger partial charge on any atom is -0.465 e. The second kappa shape index (κ2) is 9.53. The van der Waals surface area contributed by atoms with Gasteiger partial charge in [0.05, 0.1) is 11.4 Å². The molecule has 0 spiro atoms. The molecule has 0 aliphatic carbocycles. The van der Waals surface area contributed by atoms with Gasteiger partial charge in [-0.3, -0.25) is 4.79 Å². The zero-order chi connectivity index (χ0) is 21.7. The Morgan fingerprint density at radius 3 is 2.47 bits per heavy atom. The van der Waals surface area contributed by atoms with Crippen LogP contribution in [0.15, 0.2) is 30.3 Å². The Hall–Kier alpha value is -3.21. The number of para-hydroxylation sites is 2. The van der Waals surface area contributed by atoms with Gasteiger partial charge in [0.1, 0.15) is 11.0 Å². The number of carbonyl (C=O) groups is 2. The van der Waals surface area contributed by atoms with Crippen LogP contribution in [0.4, 0.5) is 36.7 Å². The molecule has 2 aromatic rings. The number of piperidine rings is 1. The van der Waals surface area contributed by atoms with Crippen LogP contribution in [0.5, 0.6) is 0 Å². The number of hydrogen-bond donors (Lipinski definition) is 4. The lowest BCUT2D eigenvalue weighted by atomic mass is 10.1. The molecule has 0 bridgehead atoms. The molecule has 1 aliphatic rings.